The molecule has 0 aliphatic rings. The molecule has 3 rings (SSSR count). The minimum Gasteiger partial charge on any atom is -0.263 e. The van der Waals surface area contributed by atoms with Crippen molar-refractivity contribution in [1.29, 1.82) is 0 Å². The minimum absolute atomic E-state index is 0.0257. The van der Waals surface area contributed by atoms with Crippen LogP contribution in [0.25, 0.3) is 5.82 Å². The lowest BCUT2D eigenvalue weighted by Crippen LogP contribution is -2.15. The zero-order chi connectivity index (χ0) is 18.2. The third-order valence-electron chi connectivity index (χ3n) is 3.32. The molecular weight excluding hydrogens is 352 g/mol. The largest absolute Gasteiger partial charge is 0.263 e. The number of hydrogen-bond acceptors (Lipinski definition) is 5. The molecule has 2 heterocycles. The quantitative estimate of drug-likeness (QED) is 0.767. The van der Waals surface area contributed by atoms with Gasteiger partial charge in [-0.15, -0.1) is 0 Å². The van der Waals surface area contributed by atoms with Gasteiger partial charge in [-0.3, -0.25) is 4.72 Å². The average Bonchev–Trinajstić information content (AvgIpc) is 2.88. The lowest BCUT2D eigenvalue weighted by atomic mass is 10.3. The van der Waals surface area contributed by atoms with E-state index < -0.39 is 26.6 Å². The number of sulfonamides is 1. The van der Waals surface area contributed by atoms with Crippen LogP contribution in [0.2, 0.25) is 0 Å². The summed E-state index contributed by atoms with van der Waals surface area (Å²) in [6, 6.07) is 5.53. The van der Waals surface area contributed by atoms with Gasteiger partial charge in [0, 0.05) is 11.8 Å². The lowest BCUT2D eigenvalue weighted by Gasteiger charge is -2.09. The Morgan fingerprint density at radius 1 is 1.04 bits per heavy atom. The van der Waals surface area contributed by atoms with Crippen molar-refractivity contribution in [3.05, 3.63) is 59.7 Å². The van der Waals surface area contributed by atoms with Crippen molar-refractivity contribution in [2.45, 2.75) is 18.7 Å². The number of aryl methyl sites for hydroxylation is 2. The van der Waals surface area contributed by atoms with Crippen LogP contribution in [0.5, 0.6) is 0 Å². The monoisotopic (exact) mass is 365 g/mol. The lowest BCUT2D eigenvalue weighted by molar-refractivity contribution is 0.504. The van der Waals surface area contributed by atoms with Gasteiger partial charge in [-0.05, 0) is 38.1 Å². The number of aromatic nitrogens is 4. The molecule has 0 saturated carbocycles. The van der Waals surface area contributed by atoms with Gasteiger partial charge < -0.3 is 0 Å². The van der Waals surface area contributed by atoms with Gasteiger partial charge in [-0.2, -0.15) is 5.10 Å². The summed E-state index contributed by atoms with van der Waals surface area (Å²) < 4.78 is 54.6. The fourth-order valence-electron chi connectivity index (χ4n) is 2.22. The predicted octanol–water partition coefficient (Wildman–Crippen LogP) is 2.36. The van der Waals surface area contributed by atoms with Gasteiger partial charge >= 0.3 is 0 Å². The van der Waals surface area contributed by atoms with Crippen LogP contribution < -0.4 is 4.72 Å². The van der Waals surface area contributed by atoms with Crippen molar-refractivity contribution in [2.75, 3.05) is 4.72 Å². The van der Waals surface area contributed by atoms with Crippen molar-refractivity contribution in [1.82, 2.24) is 19.7 Å². The van der Waals surface area contributed by atoms with E-state index in [2.05, 4.69) is 19.8 Å². The Morgan fingerprint density at radius 3 is 2.44 bits per heavy atom. The maximum Gasteiger partial charge on any atom is 0.263 e. The summed E-state index contributed by atoms with van der Waals surface area (Å²) in [6.45, 7) is 3.64. The minimum atomic E-state index is -4.13. The highest BCUT2D eigenvalue weighted by atomic mass is 32.2. The Morgan fingerprint density at radius 2 is 1.80 bits per heavy atom. The Balaban J connectivity index is 1.94. The summed E-state index contributed by atoms with van der Waals surface area (Å²) in [5, 5.41) is 4.26. The molecule has 3 aromatic rings. The Hall–Kier alpha value is -2.88. The maximum absolute atomic E-state index is 13.3. The van der Waals surface area contributed by atoms with E-state index in [4.69, 9.17) is 0 Å². The summed E-state index contributed by atoms with van der Waals surface area (Å²) in [6.07, 6.45) is 1.18. The molecule has 0 atom stereocenters. The third kappa shape index (κ3) is 3.48. The van der Waals surface area contributed by atoms with Crippen LogP contribution in [0.15, 0.2) is 41.6 Å². The van der Waals surface area contributed by atoms with E-state index in [-0.39, 0.29) is 5.82 Å². The number of anilines is 1. The van der Waals surface area contributed by atoms with Gasteiger partial charge in [0.05, 0.1) is 10.6 Å². The van der Waals surface area contributed by atoms with E-state index in [1.807, 2.05) is 19.9 Å². The first-order valence-electron chi connectivity index (χ1n) is 7.10. The van der Waals surface area contributed by atoms with E-state index in [0.717, 1.165) is 23.5 Å². The normalized spacial score (nSPS) is 11.5. The Labute approximate surface area is 142 Å². The molecular formula is C15H13F2N5O2S. The number of nitrogens with one attached hydrogen (secondary N) is 1. The van der Waals surface area contributed by atoms with Crippen molar-refractivity contribution >= 4 is 15.8 Å². The van der Waals surface area contributed by atoms with Gasteiger partial charge in [0.25, 0.3) is 10.0 Å². The van der Waals surface area contributed by atoms with E-state index in [0.29, 0.717) is 11.9 Å². The van der Waals surface area contributed by atoms with Crippen LogP contribution in [0, 0.1) is 25.5 Å². The number of hydrogen-bond donors (Lipinski definition) is 1. The molecule has 0 aliphatic carbocycles. The molecule has 0 saturated heterocycles. The smallest absolute Gasteiger partial charge is 0.263 e. The number of halogens is 2. The molecule has 0 aliphatic heterocycles. The Bertz CT molecular complexity index is 1050. The predicted molar refractivity (Wildman–Crippen MR) is 85.8 cm³/mol. The van der Waals surface area contributed by atoms with Crippen LogP contribution in [-0.4, -0.2) is 28.2 Å². The van der Waals surface area contributed by atoms with Crippen molar-refractivity contribution in [2.24, 2.45) is 0 Å². The summed E-state index contributed by atoms with van der Waals surface area (Å²) in [5.41, 5.74) is 1.59. The fourth-order valence-corrected chi connectivity index (χ4v) is 3.23. The first-order chi connectivity index (χ1) is 11.8. The van der Waals surface area contributed by atoms with Gasteiger partial charge in [-0.1, -0.05) is 0 Å². The van der Waals surface area contributed by atoms with Crippen molar-refractivity contribution in [3.63, 3.8) is 0 Å². The molecule has 1 aromatic carbocycles. The molecule has 25 heavy (non-hydrogen) atoms. The molecule has 0 unspecified atom stereocenters. The summed E-state index contributed by atoms with van der Waals surface area (Å²) >= 11 is 0. The maximum atomic E-state index is 13.3. The number of benzene rings is 1. The summed E-state index contributed by atoms with van der Waals surface area (Å²) in [4.78, 5) is 7.48. The van der Waals surface area contributed by atoms with Crippen LogP contribution in [0.4, 0.5) is 14.6 Å². The van der Waals surface area contributed by atoms with Crippen LogP contribution >= 0.6 is 0 Å². The number of nitrogens with zero attached hydrogens (tertiary/aromatic N) is 4. The second kappa shape index (κ2) is 6.20. The highest BCUT2D eigenvalue weighted by Gasteiger charge is 2.18. The molecule has 0 amide bonds. The molecule has 0 bridgehead atoms. The third-order valence-corrected chi connectivity index (χ3v) is 4.67. The first-order valence-corrected chi connectivity index (χ1v) is 8.58. The van der Waals surface area contributed by atoms with Gasteiger partial charge in [-0.25, -0.2) is 31.8 Å². The molecule has 0 spiro atoms. The summed E-state index contributed by atoms with van der Waals surface area (Å²) in [5.74, 6) is -2.05. The van der Waals surface area contributed by atoms with Gasteiger partial charge in [0.2, 0.25) is 0 Å². The first kappa shape index (κ1) is 17.0. The second-order valence-corrected chi connectivity index (χ2v) is 6.96. The second-order valence-electron chi connectivity index (χ2n) is 5.28. The molecule has 10 heteroatoms. The van der Waals surface area contributed by atoms with Crippen molar-refractivity contribution < 1.29 is 17.2 Å². The van der Waals surface area contributed by atoms with E-state index in [1.165, 1.54) is 17.1 Å². The standard InChI is InChI=1S/C15H13F2N5O2S/c1-9-5-10(2)22(20-9)15-7-14(18-8-19-15)21-25(23,24)11-3-4-12(16)13(17)6-11/h3-8H,1-2H3,(H,18,19,21). The van der Waals surface area contributed by atoms with E-state index >= 15 is 0 Å². The molecule has 2 aromatic heterocycles. The van der Waals surface area contributed by atoms with Crippen LogP contribution in [0.1, 0.15) is 11.4 Å². The van der Waals surface area contributed by atoms with Crippen LogP contribution in [0.3, 0.4) is 0 Å². The molecule has 0 radical (unpaired) electrons. The van der Waals surface area contributed by atoms with E-state index in [9.17, 15) is 17.2 Å². The van der Waals surface area contributed by atoms with E-state index in [1.54, 1.807) is 0 Å². The van der Waals surface area contributed by atoms with Gasteiger partial charge in [0.1, 0.15) is 12.1 Å². The highest BCUT2D eigenvalue weighted by molar-refractivity contribution is 7.92. The molecule has 0 fully saturated rings. The SMILES string of the molecule is Cc1cc(C)n(-c2cc(NS(=O)(=O)c3ccc(F)c(F)c3)ncn2)n1. The zero-order valence-corrected chi connectivity index (χ0v) is 14.1. The van der Waals surface area contributed by atoms with Crippen LogP contribution in [-0.2, 0) is 10.0 Å². The molecule has 130 valence electrons. The fraction of sp³-hybridized carbons (Fsp3) is 0.133. The average molecular weight is 365 g/mol. The van der Waals surface area contributed by atoms with Gasteiger partial charge in [0.15, 0.2) is 17.5 Å². The summed E-state index contributed by atoms with van der Waals surface area (Å²) in [7, 11) is -4.13. The number of rotatable bonds is 4. The molecule has 1 N–H and O–H groups in total. The highest BCUT2D eigenvalue weighted by Crippen LogP contribution is 2.18. The zero-order valence-electron chi connectivity index (χ0n) is 13.2. The molecule has 7 nitrogen and oxygen atoms in total. The Kier molecular flexibility index (Phi) is 4.21. The van der Waals surface area contributed by atoms with Crippen molar-refractivity contribution in [3.8, 4) is 5.82 Å². The topological polar surface area (TPSA) is 89.8 Å².